The van der Waals surface area contributed by atoms with Crippen LogP contribution in [0, 0.1) is 0 Å². The number of hydrogen-bond acceptors (Lipinski definition) is 5. The molecule has 0 unspecified atom stereocenters. The largest absolute Gasteiger partial charge is 0.416 e. The molecule has 0 atom stereocenters. The van der Waals surface area contributed by atoms with Gasteiger partial charge in [-0.15, -0.1) is 10.2 Å². The molecule has 58 heavy (non-hydrogen) atoms. The fraction of sp³-hybridized carbons (Fsp3) is 0.0189. The van der Waals surface area contributed by atoms with Crippen molar-refractivity contribution in [1.29, 1.82) is 0 Å². The summed E-state index contributed by atoms with van der Waals surface area (Å²) >= 11 is 0. The molecule has 1 spiro atoms. The van der Waals surface area contributed by atoms with Crippen LogP contribution in [0.4, 0.5) is 0 Å². The maximum atomic E-state index is 6.01. The quantitative estimate of drug-likeness (QED) is 0.176. The van der Waals surface area contributed by atoms with E-state index >= 15 is 0 Å². The molecule has 2 aliphatic carbocycles. The van der Waals surface area contributed by atoms with E-state index in [4.69, 9.17) is 14.4 Å². The van der Waals surface area contributed by atoms with E-state index in [1.165, 1.54) is 44.5 Å². The molecule has 2 aromatic heterocycles. The average molecular weight is 741 g/mol. The first-order chi connectivity index (χ1) is 28.7. The third-order valence-electron chi connectivity index (χ3n) is 11.9. The van der Waals surface area contributed by atoms with Gasteiger partial charge in [0.15, 0.2) is 0 Å². The second-order valence-electron chi connectivity index (χ2n) is 15.0. The van der Waals surface area contributed by atoms with E-state index in [2.05, 4.69) is 138 Å². The zero-order chi connectivity index (χ0) is 38.2. The Hall–Kier alpha value is -7.76. The van der Waals surface area contributed by atoms with E-state index < -0.39 is 5.41 Å². The minimum Gasteiger partial charge on any atom is -0.416 e. The monoisotopic (exact) mass is 740 g/mol. The molecular weight excluding hydrogens is 709 g/mol. The maximum absolute atomic E-state index is 6.01. The lowest BCUT2D eigenvalue weighted by molar-refractivity contribution is 0.584. The van der Waals surface area contributed by atoms with Gasteiger partial charge < -0.3 is 4.42 Å². The lowest BCUT2D eigenvalue weighted by Crippen LogP contribution is -2.25. The van der Waals surface area contributed by atoms with E-state index in [0.717, 1.165) is 55.8 Å². The van der Waals surface area contributed by atoms with E-state index in [0.29, 0.717) is 11.8 Å². The van der Waals surface area contributed by atoms with Crippen molar-refractivity contribution in [2.75, 3.05) is 0 Å². The van der Waals surface area contributed by atoms with Gasteiger partial charge >= 0.3 is 0 Å². The van der Waals surface area contributed by atoms with E-state index in [-0.39, 0.29) is 0 Å². The Morgan fingerprint density at radius 3 is 1.26 bits per heavy atom. The number of aromatic nitrogens is 4. The Bertz CT molecular complexity index is 3160. The van der Waals surface area contributed by atoms with Gasteiger partial charge in [0, 0.05) is 22.3 Å². The highest BCUT2D eigenvalue weighted by Gasteiger charge is 2.51. The zero-order valence-corrected chi connectivity index (χ0v) is 31.2. The van der Waals surface area contributed by atoms with Crippen LogP contribution in [-0.2, 0) is 5.41 Å². The fourth-order valence-electron chi connectivity index (χ4n) is 9.31. The van der Waals surface area contributed by atoms with Crippen molar-refractivity contribution in [2.24, 2.45) is 0 Å². The Balaban J connectivity index is 0.957. The molecule has 0 bridgehead atoms. The SMILES string of the molecule is c1ccc(-c2nnc(-c3ccc(-c4ccc(-c5nc6ccccc6nc5-c5ccc6c(c5)C5(c7ccccc7-c7ccccc75)c5ccccc5-6)cc4)cc3)o2)cc1. The second-order valence-corrected chi connectivity index (χ2v) is 15.0. The minimum atomic E-state index is -0.440. The van der Waals surface area contributed by atoms with Crippen molar-refractivity contribution in [3.63, 3.8) is 0 Å². The topological polar surface area (TPSA) is 64.7 Å². The third-order valence-corrected chi connectivity index (χ3v) is 11.9. The molecule has 5 heteroatoms. The second kappa shape index (κ2) is 12.6. The van der Waals surface area contributed by atoms with Crippen LogP contribution in [0.3, 0.4) is 0 Å². The van der Waals surface area contributed by atoms with Gasteiger partial charge in [-0.05, 0) is 98.1 Å². The highest BCUT2D eigenvalue weighted by atomic mass is 16.4. The van der Waals surface area contributed by atoms with Crippen molar-refractivity contribution in [1.82, 2.24) is 20.2 Å². The number of fused-ring (bicyclic) bond motifs is 11. The van der Waals surface area contributed by atoms with E-state index in [1.807, 2.05) is 66.7 Å². The molecule has 12 rings (SSSR count). The van der Waals surface area contributed by atoms with Crippen molar-refractivity contribution < 1.29 is 4.42 Å². The first-order valence-corrected chi connectivity index (χ1v) is 19.6. The number of rotatable bonds is 5. The lowest BCUT2D eigenvalue weighted by atomic mass is 9.70. The highest BCUT2D eigenvalue weighted by Crippen LogP contribution is 2.63. The van der Waals surface area contributed by atoms with Crippen LogP contribution < -0.4 is 0 Å². The minimum absolute atomic E-state index is 0.440. The summed E-state index contributed by atoms with van der Waals surface area (Å²) in [4.78, 5) is 10.7. The molecule has 0 fully saturated rings. The van der Waals surface area contributed by atoms with Gasteiger partial charge in [0.1, 0.15) is 0 Å². The number of para-hydroxylation sites is 2. The average Bonchev–Trinajstić information content (AvgIpc) is 4.00. The standard InChI is InChI=1S/C53H32N4O/c1-2-12-36(13-3-1)51-56-57-52(58-51)37-28-24-34(25-29-37)33-22-26-35(27-23-33)49-50(55-48-21-11-10-20-47(48)54-49)38-30-31-42-41-16-6-9-19-45(41)53(46(42)32-38)43-17-7-4-14-39(43)40-15-5-8-18-44(40)53/h1-32H. The fourth-order valence-corrected chi connectivity index (χ4v) is 9.31. The smallest absolute Gasteiger partial charge is 0.248 e. The summed E-state index contributed by atoms with van der Waals surface area (Å²) in [5.41, 5.74) is 19.3. The molecule has 0 N–H and O–H groups in total. The predicted octanol–water partition coefficient (Wildman–Crippen LogP) is 12.7. The van der Waals surface area contributed by atoms with Crippen LogP contribution >= 0.6 is 0 Å². The molecule has 0 radical (unpaired) electrons. The van der Waals surface area contributed by atoms with Crippen LogP contribution in [0.25, 0.3) is 89.8 Å². The third kappa shape index (κ3) is 4.77. The summed E-state index contributed by atoms with van der Waals surface area (Å²) < 4.78 is 6.01. The van der Waals surface area contributed by atoms with Crippen LogP contribution in [0.15, 0.2) is 199 Å². The van der Waals surface area contributed by atoms with Crippen molar-refractivity contribution in [3.05, 3.63) is 216 Å². The Kier molecular flexibility index (Phi) is 7.07. The van der Waals surface area contributed by atoms with Crippen LogP contribution in [-0.4, -0.2) is 20.2 Å². The van der Waals surface area contributed by atoms with Crippen molar-refractivity contribution >= 4 is 11.0 Å². The van der Waals surface area contributed by atoms with Gasteiger partial charge in [0.05, 0.1) is 27.8 Å². The summed E-state index contributed by atoms with van der Waals surface area (Å²) in [7, 11) is 0. The van der Waals surface area contributed by atoms with Gasteiger partial charge in [-0.1, -0.05) is 152 Å². The Morgan fingerprint density at radius 1 is 0.310 bits per heavy atom. The highest BCUT2D eigenvalue weighted by molar-refractivity contribution is 5.97. The van der Waals surface area contributed by atoms with Gasteiger partial charge in [-0.2, -0.15) is 0 Å². The molecule has 0 saturated heterocycles. The molecule has 10 aromatic rings. The summed E-state index contributed by atoms with van der Waals surface area (Å²) in [5.74, 6) is 0.996. The first kappa shape index (κ1) is 32.5. The Morgan fingerprint density at radius 2 is 0.707 bits per heavy atom. The molecule has 0 amide bonds. The molecular formula is C53H32N4O. The van der Waals surface area contributed by atoms with E-state index in [9.17, 15) is 0 Å². The van der Waals surface area contributed by atoms with E-state index in [1.54, 1.807) is 0 Å². The van der Waals surface area contributed by atoms with Gasteiger partial charge in [-0.25, -0.2) is 9.97 Å². The number of hydrogen-bond donors (Lipinski definition) is 0. The maximum Gasteiger partial charge on any atom is 0.248 e. The molecule has 2 heterocycles. The van der Waals surface area contributed by atoms with Crippen LogP contribution in [0.5, 0.6) is 0 Å². The van der Waals surface area contributed by atoms with Gasteiger partial charge in [0.25, 0.3) is 0 Å². The molecule has 0 aliphatic heterocycles. The molecule has 8 aromatic carbocycles. The zero-order valence-electron chi connectivity index (χ0n) is 31.2. The first-order valence-electron chi connectivity index (χ1n) is 19.6. The predicted molar refractivity (Wildman–Crippen MR) is 231 cm³/mol. The normalized spacial score (nSPS) is 13.0. The molecule has 2 aliphatic rings. The number of nitrogens with zero attached hydrogens (tertiary/aromatic N) is 4. The van der Waals surface area contributed by atoms with Crippen LogP contribution in [0.1, 0.15) is 22.3 Å². The summed E-state index contributed by atoms with van der Waals surface area (Å²) in [5, 5.41) is 8.57. The van der Waals surface area contributed by atoms with Gasteiger partial charge in [0.2, 0.25) is 11.8 Å². The molecule has 270 valence electrons. The summed E-state index contributed by atoms with van der Waals surface area (Å²) in [6.45, 7) is 0. The van der Waals surface area contributed by atoms with Crippen LogP contribution in [0.2, 0.25) is 0 Å². The number of benzene rings is 8. The lowest BCUT2D eigenvalue weighted by Gasteiger charge is -2.30. The molecule has 0 saturated carbocycles. The summed E-state index contributed by atoms with van der Waals surface area (Å²) in [6.07, 6.45) is 0. The summed E-state index contributed by atoms with van der Waals surface area (Å²) in [6, 6.07) is 68.5. The Labute approximate surface area is 335 Å². The van der Waals surface area contributed by atoms with Crippen molar-refractivity contribution in [3.8, 4) is 78.8 Å². The van der Waals surface area contributed by atoms with Crippen molar-refractivity contribution in [2.45, 2.75) is 5.41 Å². The van der Waals surface area contributed by atoms with Gasteiger partial charge in [-0.3, -0.25) is 0 Å². The molecule has 5 nitrogen and oxygen atoms in total.